The van der Waals surface area contributed by atoms with Crippen molar-refractivity contribution in [3.8, 4) is 17.7 Å². The highest BCUT2D eigenvalue weighted by atomic mass is 16.5. The average molecular weight is 427 g/mol. The molecular formula is C25H26N6O. The quantitative estimate of drug-likeness (QED) is 0.429. The van der Waals surface area contributed by atoms with Crippen LogP contribution < -0.4 is 10.1 Å². The largest absolute Gasteiger partial charge is 0.436 e. The number of anilines is 2. The molecule has 7 nitrogen and oxygen atoms in total. The van der Waals surface area contributed by atoms with E-state index in [4.69, 9.17) is 20.0 Å². The molecule has 0 aliphatic carbocycles. The first-order valence-corrected chi connectivity index (χ1v) is 10.7. The molecule has 2 heterocycles. The van der Waals surface area contributed by atoms with Crippen LogP contribution in [0.1, 0.15) is 41.3 Å². The molecule has 162 valence electrons. The zero-order chi connectivity index (χ0) is 22.8. The van der Waals surface area contributed by atoms with Gasteiger partial charge in [0.25, 0.3) is 5.88 Å². The van der Waals surface area contributed by atoms with Crippen LogP contribution in [0.25, 0.3) is 11.0 Å². The Kier molecular flexibility index (Phi) is 5.78. The van der Waals surface area contributed by atoms with Gasteiger partial charge in [-0.05, 0) is 62.6 Å². The van der Waals surface area contributed by atoms with Crippen molar-refractivity contribution in [1.29, 1.82) is 5.26 Å². The summed E-state index contributed by atoms with van der Waals surface area (Å²) in [5.41, 5.74) is 7.12. The van der Waals surface area contributed by atoms with Crippen molar-refractivity contribution in [3.63, 3.8) is 0 Å². The Morgan fingerprint density at radius 2 is 1.75 bits per heavy atom. The summed E-state index contributed by atoms with van der Waals surface area (Å²) in [6, 6.07) is 13.5. The summed E-state index contributed by atoms with van der Waals surface area (Å²) >= 11 is 0. The molecule has 0 spiro atoms. The zero-order valence-electron chi connectivity index (χ0n) is 19.0. The fraction of sp³-hybridized carbons (Fsp3) is 0.280. The second-order valence-electron chi connectivity index (χ2n) is 8.01. The first kappa shape index (κ1) is 21.3. The van der Waals surface area contributed by atoms with Gasteiger partial charge in [0.05, 0.1) is 17.3 Å². The highest BCUT2D eigenvalue weighted by Crippen LogP contribution is 2.34. The molecule has 7 heteroatoms. The van der Waals surface area contributed by atoms with Gasteiger partial charge < -0.3 is 10.1 Å². The van der Waals surface area contributed by atoms with Gasteiger partial charge in [0.1, 0.15) is 16.8 Å². The summed E-state index contributed by atoms with van der Waals surface area (Å²) in [5.74, 6) is 1.67. The lowest BCUT2D eigenvalue weighted by molar-refractivity contribution is 0.458. The Hall–Kier alpha value is -3.92. The molecule has 0 radical (unpaired) electrons. The average Bonchev–Trinajstić information content (AvgIpc) is 3.07. The van der Waals surface area contributed by atoms with Crippen molar-refractivity contribution >= 4 is 22.7 Å². The molecule has 0 amide bonds. The lowest BCUT2D eigenvalue weighted by Gasteiger charge is -2.14. The highest BCUT2D eigenvalue weighted by molar-refractivity contribution is 5.84. The maximum atomic E-state index is 9.04. The van der Waals surface area contributed by atoms with E-state index in [0.29, 0.717) is 17.4 Å². The van der Waals surface area contributed by atoms with Crippen molar-refractivity contribution in [2.24, 2.45) is 7.05 Å². The molecule has 0 saturated carbocycles. The maximum Gasteiger partial charge on any atom is 0.250 e. The Morgan fingerprint density at radius 1 is 1.06 bits per heavy atom. The maximum absolute atomic E-state index is 9.04. The van der Waals surface area contributed by atoms with E-state index in [-0.39, 0.29) is 0 Å². The van der Waals surface area contributed by atoms with Crippen LogP contribution in [-0.4, -0.2) is 19.7 Å². The van der Waals surface area contributed by atoms with E-state index in [9.17, 15) is 0 Å². The van der Waals surface area contributed by atoms with Gasteiger partial charge in [-0.25, -0.2) is 4.98 Å². The number of aromatic nitrogens is 4. The fourth-order valence-corrected chi connectivity index (χ4v) is 3.92. The molecule has 4 rings (SSSR count). The van der Waals surface area contributed by atoms with Gasteiger partial charge in [-0.15, -0.1) is 0 Å². The summed E-state index contributed by atoms with van der Waals surface area (Å²) in [6.45, 7) is 8.27. The fourth-order valence-electron chi connectivity index (χ4n) is 3.92. The van der Waals surface area contributed by atoms with Crippen LogP contribution in [0.4, 0.5) is 11.6 Å². The smallest absolute Gasteiger partial charge is 0.250 e. The van der Waals surface area contributed by atoms with Crippen LogP contribution in [0.2, 0.25) is 0 Å². The highest BCUT2D eigenvalue weighted by Gasteiger charge is 2.20. The van der Waals surface area contributed by atoms with Gasteiger partial charge >= 0.3 is 0 Å². The minimum Gasteiger partial charge on any atom is -0.436 e. The van der Waals surface area contributed by atoms with E-state index in [1.165, 1.54) is 5.56 Å². The predicted molar refractivity (Wildman–Crippen MR) is 125 cm³/mol. The SMILES string of the molecule is CCCc1nn(C)c2c(Oc3c(C)cc(C)cc3C)nc(Nc3ccc(C#N)cc3)nc12. The number of nitrogens with one attached hydrogen (secondary N) is 1. The first-order chi connectivity index (χ1) is 15.4. The minimum absolute atomic E-state index is 0.421. The van der Waals surface area contributed by atoms with E-state index >= 15 is 0 Å². The second-order valence-corrected chi connectivity index (χ2v) is 8.01. The standard InChI is InChI=1S/C25H26N6O/c1-6-7-20-21-22(31(5)30-20)24(32-23-16(3)12-15(2)13-17(23)4)29-25(28-21)27-19-10-8-18(14-26)9-11-19/h8-13H,6-7H2,1-5H3,(H,27,28,29). The van der Waals surface area contributed by atoms with Gasteiger partial charge in [0.2, 0.25) is 5.95 Å². The van der Waals surface area contributed by atoms with Crippen LogP contribution in [0.3, 0.4) is 0 Å². The number of hydrogen-bond acceptors (Lipinski definition) is 6. The number of nitrogens with zero attached hydrogens (tertiary/aromatic N) is 5. The molecule has 0 fully saturated rings. The van der Waals surface area contributed by atoms with Crippen LogP contribution in [0, 0.1) is 32.1 Å². The van der Waals surface area contributed by atoms with Gasteiger partial charge in [-0.1, -0.05) is 31.0 Å². The van der Waals surface area contributed by atoms with E-state index in [1.807, 2.05) is 33.0 Å². The molecule has 32 heavy (non-hydrogen) atoms. The van der Waals surface area contributed by atoms with Gasteiger partial charge in [0, 0.05) is 12.7 Å². The summed E-state index contributed by atoms with van der Waals surface area (Å²) in [4.78, 5) is 9.47. The molecular weight excluding hydrogens is 400 g/mol. The van der Waals surface area contributed by atoms with Crippen molar-refractivity contribution < 1.29 is 4.74 Å². The van der Waals surface area contributed by atoms with Crippen LogP contribution in [-0.2, 0) is 13.5 Å². The topological polar surface area (TPSA) is 88.6 Å². The van der Waals surface area contributed by atoms with Crippen molar-refractivity contribution in [2.75, 3.05) is 5.32 Å². The van der Waals surface area contributed by atoms with Crippen LogP contribution in [0.15, 0.2) is 36.4 Å². The molecule has 2 aromatic heterocycles. The number of ether oxygens (including phenoxy) is 1. The monoisotopic (exact) mass is 426 g/mol. The number of nitriles is 1. The number of rotatable bonds is 6. The van der Waals surface area contributed by atoms with Crippen molar-refractivity contribution in [2.45, 2.75) is 40.5 Å². The normalized spacial score (nSPS) is 10.9. The summed E-state index contributed by atoms with van der Waals surface area (Å²) in [6.07, 6.45) is 1.77. The number of fused-ring (bicyclic) bond motifs is 1. The second kappa shape index (κ2) is 8.67. The molecule has 0 unspecified atom stereocenters. The third-order valence-corrected chi connectivity index (χ3v) is 5.28. The predicted octanol–water partition coefficient (Wildman–Crippen LogP) is 5.65. The van der Waals surface area contributed by atoms with E-state index in [0.717, 1.165) is 52.1 Å². The van der Waals surface area contributed by atoms with Crippen molar-refractivity contribution in [3.05, 3.63) is 64.3 Å². The number of aryl methyl sites for hydroxylation is 5. The molecule has 0 atom stereocenters. The third kappa shape index (κ3) is 4.12. The summed E-state index contributed by atoms with van der Waals surface area (Å²) in [7, 11) is 1.89. The third-order valence-electron chi connectivity index (χ3n) is 5.28. The summed E-state index contributed by atoms with van der Waals surface area (Å²) in [5, 5.41) is 17.0. The minimum atomic E-state index is 0.421. The Labute approximate surface area is 187 Å². The molecule has 1 N–H and O–H groups in total. The van der Waals surface area contributed by atoms with E-state index in [2.05, 4.69) is 42.5 Å². The molecule has 4 aromatic rings. The number of benzene rings is 2. The van der Waals surface area contributed by atoms with Crippen molar-refractivity contribution in [1.82, 2.24) is 19.7 Å². The Bertz CT molecular complexity index is 1310. The van der Waals surface area contributed by atoms with Gasteiger partial charge in [-0.2, -0.15) is 15.3 Å². The van der Waals surface area contributed by atoms with Crippen LogP contribution >= 0.6 is 0 Å². The zero-order valence-corrected chi connectivity index (χ0v) is 19.0. The van der Waals surface area contributed by atoms with Crippen LogP contribution in [0.5, 0.6) is 11.6 Å². The Morgan fingerprint density at radius 3 is 2.38 bits per heavy atom. The lowest BCUT2D eigenvalue weighted by Crippen LogP contribution is -2.03. The lowest BCUT2D eigenvalue weighted by atomic mass is 10.1. The molecule has 0 saturated heterocycles. The molecule has 0 aliphatic heterocycles. The first-order valence-electron chi connectivity index (χ1n) is 10.7. The van der Waals surface area contributed by atoms with E-state index < -0.39 is 0 Å². The Balaban J connectivity index is 1.83. The molecule has 0 aliphatic rings. The van der Waals surface area contributed by atoms with Gasteiger partial charge in [-0.3, -0.25) is 4.68 Å². The van der Waals surface area contributed by atoms with Gasteiger partial charge in [0.15, 0.2) is 0 Å². The summed E-state index contributed by atoms with van der Waals surface area (Å²) < 4.78 is 8.19. The molecule has 0 bridgehead atoms. The molecule has 2 aromatic carbocycles. The number of hydrogen-bond donors (Lipinski definition) is 1. The van der Waals surface area contributed by atoms with E-state index in [1.54, 1.807) is 16.8 Å².